The minimum absolute atomic E-state index is 0.0318. The highest BCUT2D eigenvalue weighted by molar-refractivity contribution is 5.79. The maximum Gasteiger partial charge on any atom is 0.234 e. The van der Waals surface area contributed by atoms with Gasteiger partial charge < -0.3 is 15.5 Å². The normalized spacial score (nSPS) is 31.7. The summed E-state index contributed by atoms with van der Waals surface area (Å²) in [5.74, 6) is 1.60. The molecule has 2 saturated carbocycles. The van der Waals surface area contributed by atoms with Crippen LogP contribution >= 0.6 is 0 Å². The van der Waals surface area contributed by atoms with Gasteiger partial charge in [-0.2, -0.15) is 0 Å². The molecule has 2 aliphatic rings. The van der Waals surface area contributed by atoms with Crippen molar-refractivity contribution in [2.24, 2.45) is 17.3 Å². The molecule has 0 spiro atoms. The molecule has 0 aliphatic heterocycles. The molecular weight excluding hydrogens is 286 g/mol. The van der Waals surface area contributed by atoms with Gasteiger partial charge in [-0.25, -0.2) is 0 Å². The van der Waals surface area contributed by atoms with Gasteiger partial charge in [0.2, 0.25) is 5.91 Å². The summed E-state index contributed by atoms with van der Waals surface area (Å²) in [6, 6.07) is 0. The first kappa shape index (κ1) is 18.7. The molecule has 2 bridgehead atoms. The number of amides is 1. The molecule has 0 heterocycles. The standard InChI is InChI=1S/C19H37N3O/c1-6-22(7-2)12-8-11-20-14-17(23)21-19(5)16-10-9-15(13-16)18(19,3)4/h15-16,20H,6-14H2,1-5H3,(H,21,23)/t15-,16-,19+/m0/s1. The fraction of sp³-hybridized carbons (Fsp3) is 0.947. The molecule has 2 aliphatic carbocycles. The topological polar surface area (TPSA) is 44.4 Å². The summed E-state index contributed by atoms with van der Waals surface area (Å²) in [5, 5.41) is 6.70. The first-order valence-electron chi connectivity index (χ1n) is 9.59. The molecule has 4 nitrogen and oxygen atoms in total. The lowest BCUT2D eigenvalue weighted by atomic mass is 9.64. The van der Waals surface area contributed by atoms with Crippen LogP contribution in [0.5, 0.6) is 0 Å². The van der Waals surface area contributed by atoms with Crippen molar-refractivity contribution < 1.29 is 4.79 Å². The average Bonchev–Trinajstić information content (AvgIpc) is 3.06. The van der Waals surface area contributed by atoms with Crippen LogP contribution < -0.4 is 10.6 Å². The lowest BCUT2D eigenvalue weighted by Gasteiger charge is -2.48. The molecule has 3 atom stereocenters. The molecule has 1 amide bonds. The van der Waals surface area contributed by atoms with Crippen LogP contribution in [0.3, 0.4) is 0 Å². The molecule has 134 valence electrons. The molecule has 0 aromatic heterocycles. The summed E-state index contributed by atoms with van der Waals surface area (Å²) in [6.07, 6.45) is 5.01. The first-order chi connectivity index (χ1) is 10.8. The van der Waals surface area contributed by atoms with Gasteiger partial charge >= 0.3 is 0 Å². The molecule has 2 N–H and O–H groups in total. The van der Waals surface area contributed by atoms with Gasteiger partial charge in [0.1, 0.15) is 0 Å². The summed E-state index contributed by atoms with van der Waals surface area (Å²) in [6.45, 7) is 16.0. The van der Waals surface area contributed by atoms with Crippen LogP contribution in [0.25, 0.3) is 0 Å². The minimum atomic E-state index is -0.0318. The van der Waals surface area contributed by atoms with Gasteiger partial charge in [0.15, 0.2) is 0 Å². The average molecular weight is 324 g/mol. The molecule has 2 fully saturated rings. The van der Waals surface area contributed by atoms with E-state index in [2.05, 4.69) is 50.2 Å². The zero-order chi connectivity index (χ0) is 17.1. The van der Waals surface area contributed by atoms with Crippen LogP contribution in [-0.2, 0) is 4.79 Å². The van der Waals surface area contributed by atoms with E-state index in [1.54, 1.807) is 0 Å². The fourth-order valence-electron chi connectivity index (χ4n) is 4.88. The van der Waals surface area contributed by atoms with Crippen molar-refractivity contribution in [3.05, 3.63) is 0 Å². The highest BCUT2D eigenvalue weighted by Crippen LogP contribution is 2.61. The predicted molar refractivity (Wildman–Crippen MR) is 96.4 cm³/mol. The number of hydrogen-bond acceptors (Lipinski definition) is 3. The Bertz CT molecular complexity index is 405. The van der Waals surface area contributed by atoms with Crippen LogP contribution in [0.4, 0.5) is 0 Å². The Kier molecular flexibility index (Phi) is 6.12. The minimum Gasteiger partial charge on any atom is -0.349 e. The lowest BCUT2D eigenvalue weighted by Crippen LogP contribution is -2.60. The molecule has 23 heavy (non-hydrogen) atoms. The van der Waals surface area contributed by atoms with E-state index < -0.39 is 0 Å². The monoisotopic (exact) mass is 323 g/mol. The van der Waals surface area contributed by atoms with Crippen molar-refractivity contribution in [3.63, 3.8) is 0 Å². The summed E-state index contributed by atoms with van der Waals surface area (Å²) < 4.78 is 0. The van der Waals surface area contributed by atoms with Crippen LogP contribution in [-0.4, -0.2) is 49.1 Å². The van der Waals surface area contributed by atoms with Crippen molar-refractivity contribution in [1.82, 2.24) is 15.5 Å². The quantitative estimate of drug-likeness (QED) is 0.641. The second kappa shape index (κ2) is 7.52. The number of rotatable bonds is 9. The summed E-state index contributed by atoms with van der Waals surface area (Å²) >= 11 is 0. The Hall–Kier alpha value is -0.610. The molecule has 0 radical (unpaired) electrons. The zero-order valence-corrected chi connectivity index (χ0v) is 15.9. The van der Waals surface area contributed by atoms with Gasteiger partial charge in [-0.15, -0.1) is 0 Å². The Morgan fingerprint density at radius 1 is 1.13 bits per heavy atom. The summed E-state index contributed by atoms with van der Waals surface area (Å²) in [7, 11) is 0. The molecule has 0 aromatic rings. The highest BCUT2D eigenvalue weighted by Gasteiger charge is 2.60. The van der Waals surface area contributed by atoms with E-state index in [1.165, 1.54) is 19.3 Å². The zero-order valence-electron chi connectivity index (χ0n) is 15.9. The maximum atomic E-state index is 12.4. The third-order valence-corrected chi connectivity index (χ3v) is 7.02. The Morgan fingerprint density at radius 2 is 1.78 bits per heavy atom. The van der Waals surface area contributed by atoms with Crippen molar-refractivity contribution in [2.45, 2.75) is 65.8 Å². The molecule has 0 unspecified atom stereocenters. The van der Waals surface area contributed by atoms with Crippen LogP contribution in [0.1, 0.15) is 60.3 Å². The third kappa shape index (κ3) is 3.74. The van der Waals surface area contributed by atoms with Gasteiger partial charge in [-0.05, 0) is 76.0 Å². The van der Waals surface area contributed by atoms with E-state index in [-0.39, 0.29) is 16.9 Å². The number of nitrogens with one attached hydrogen (secondary N) is 2. The van der Waals surface area contributed by atoms with E-state index in [9.17, 15) is 4.79 Å². The number of nitrogens with zero attached hydrogens (tertiary/aromatic N) is 1. The number of fused-ring (bicyclic) bond motifs is 2. The van der Waals surface area contributed by atoms with Gasteiger partial charge in [-0.3, -0.25) is 4.79 Å². The molecule has 0 aromatic carbocycles. The van der Waals surface area contributed by atoms with Crippen molar-refractivity contribution in [2.75, 3.05) is 32.7 Å². The van der Waals surface area contributed by atoms with E-state index in [1.807, 2.05) is 0 Å². The second-order valence-corrected chi connectivity index (χ2v) is 8.24. The molecular formula is C19H37N3O. The molecule has 2 rings (SSSR count). The van der Waals surface area contributed by atoms with Crippen LogP contribution in [0, 0.1) is 17.3 Å². The van der Waals surface area contributed by atoms with Crippen LogP contribution in [0.15, 0.2) is 0 Å². The van der Waals surface area contributed by atoms with Gasteiger partial charge in [0.25, 0.3) is 0 Å². The summed E-state index contributed by atoms with van der Waals surface area (Å²) in [5.41, 5.74) is 0.185. The fourth-order valence-corrected chi connectivity index (χ4v) is 4.88. The number of carbonyl (C=O) groups is 1. The summed E-state index contributed by atoms with van der Waals surface area (Å²) in [4.78, 5) is 14.8. The van der Waals surface area contributed by atoms with Crippen molar-refractivity contribution >= 4 is 5.91 Å². The van der Waals surface area contributed by atoms with Crippen molar-refractivity contribution in [3.8, 4) is 0 Å². The lowest BCUT2D eigenvalue weighted by molar-refractivity contribution is -0.124. The SMILES string of the molecule is CCN(CC)CCCNCC(=O)N[C@]1(C)[C@H]2CC[C@@H](C2)C1(C)C. The molecule has 0 saturated heterocycles. The smallest absolute Gasteiger partial charge is 0.234 e. The first-order valence-corrected chi connectivity index (χ1v) is 9.59. The largest absolute Gasteiger partial charge is 0.349 e. The maximum absolute atomic E-state index is 12.4. The third-order valence-electron chi connectivity index (χ3n) is 7.02. The Balaban J connectivity index is 1.71. The van der Waals surface area contributed by atoms with E-state index in [0.29, 0.717) is 12.5 Å². The molecule has 4 heteroatoms. The van der Waals surface area contributed by atoms with Crippen LogP contribution in [0.2, 0.25) is 0 Å². The van der Waals surface area contributed by atoms with E-state index in [0.717, 1.165) is 38.5 Å². The Morgan fingerprint density at radius 3 is 2.35 bits per heavy atom. The Labute approximate surface area is 142 Å². The van der Waals surface area contributed by atoms with E-state index >= 15 is 0 Å². The number of hydrogen-bond donors (Lipinski definition) is 2. The second-order valence-electron chi connectivity index (χ2n) is 8.24. The van der Waals surface area contributed by atoms with Gasteiger partial charge in [-0.1, -0.05) is 27.7 Å². The predicted octanol–water partition coefficient (Wildman–Crippen LogP) is 2.64. The van der Waals surface area contributed by atoms with Gasteiger partial charge in [0, 0.05) is 5.54 Å². The van der Waals surface area contributed by atoms with Crippen molar-refractivity contribution in [1.29, 1.82) is 0 Å². The van der Waals surface area contributed by atoms with E-state index in [4.69, 9.17) is 0 Å². The van der Waals surface area contributed by atoms with Gasteiger partial charge in [0.05, 0.1) is 6.54 Å². The number of carbonyl (C=O) groups excluding carboxylic acids is 1. The highest BCUT2D eigenvalue weighted by atomic mass is 16.2.